The number of hydrogen-bond donors (Lipinski definition) is 1. The molecule has 1 fully saturated rings. The number of aryl methyl sites for hydroxylation is 1. The minimum absolute atomic E-state index is 0.0409. The van der Waals surface area contributed by atoms with Crippen molar-refractivity contribution in [3.8, 4) is 0 Å². The van der Waals surface area contributed by atoms with Crippen LogP contribution in [0.3, 0.4) is 0 Å². The van der Waals surface area contributed by atoms with E-state index in [1.54, 1.807) is 24.2 Å². The number of carbonyl (C=O) groups is 2. The number of nitrogens with one attached hydrogen (secondary N) is 1. The lowest BCUT2D eigenvalue weighted by Crippen LogP contribution is -2.56. The quantitative estimate of drug-likeness (QED) is 0.795. The predicted molar refractivity (Wildman–Crippen MR) is 62.0 cm³/mol. The van der Waals surface area contributed by atoms with Crippen molar-refractivity contribution in [3.05, 3.63) is 29.6 Å². The third-order valence-corrected chi connectivity index (χ3v) is 2.89. The molecule has 1 atom stereocenters. The van der Waals surface area contributed by atoms with Gasteiger partial charge in [0.15, 0.2) is 0 Å². The van der Waals surface area contributed by atoms with Gasteiger partial charge in [-0.05, 0) is 31.0 Å². The van der Waals surface area contributed by atoms with Gasteiger partial charge in [0, 0.05) is 18.9 Å². The molecule has 0 aliphatic carbocycles. The van der Waals surface area contributed by atoms with E-state index in [0.717, 1.165) is 11.1 Å². The van der Waals surface area contributed by atoms with Crippen molar-refractivity contribution in [2.24, 2.45) is 0 Å². The Bertz CT molecular complexity index is 459. The molecule has 2 amide bonds. The van der Waals surface area contributed by atoms with Gasteiger partial charge in [0.2, 0.25) is 11.8 Å². The minimum atomic E-state index is -0.432. The number of hydrogen-bond acceptors (Lipinski definition) is 3. The van der Waals surface area contributed by atoms with E-state index < -0.39 is 6.04 Å². The summed E-state index contributed by atoms with van der Waals surface area (Å²) in [6.07, 6.45) is 3.45. The van der Waals surface area contributed by atoms with Crippen LogP contribution < -0.4 is 5.32 Å². The molecule has 0 saturated carbocycles. The lowest BCUT2D eigenvalue weighted by atomic mass is 10.1. The van der Waals surface area contributed by atoms with Crippen LogP contribution in [0.4, 0.5) is 0 Å². The molecule has 17 heavy (non-hydrogen) atoms. The van der Waals surface area contributed by atoms with Crippen molar-refractivity contribution in [3.63, 3.8) is 0 Å². The summed E-state index contributed by atoms with van der Waals surface area (Å²) in [4.78, 5) is 28.8. The van der Waals surface area contributed by atoms with Gasteiger partial charge < -0.3 is 10.2 Å². The van der Waals surface area contributed by atoms with Crippen LogP contribution in [-0.2, 0) is 16.1 Å². The zero-order valence-corrected chi connectivity index (χ0v) is 9.93. The average Bonchev–Trinajstić information content (AvgIpc) is 2.28. The maximum Gasteiger partial charge on any atom is 0.245 e. The van der Waals surface area contributed by atoms with Gasteiger partial charge in [-0.2, -0.15) is 0 Å². The number of aromatic nitrogens is 1. The van der Waals surface area contributed by atoms with Gasteiger partial charge in [-0.25, -0.2) is 0 Å². The van der Waals surface area contributed by atoms with Crippen molar-refractivity contribution >= 4 is 11.8 Å². The molecule has 1 aliphatic heterocycles. The highest BCUT2D eigenvalue weighted by atomic mass is 16.2. The second-order valence-corrected chi connectivity index (χ2v) is 4.29. The first-order valence-corrected chi connectivity index (χ1v) is 5.55. The summed E-state index contributed by atoms with van der Waals surface area (Å²) in [5, 5.41) is 2.62. The molecule has 5 nitrogen and oxygen atoms in total. The molecule has 1 unspecified atom stereocenters. The Morgan fingerprint density at radius 3 is 3.00 bits per heavy atom. The Morgan fingerprint density at radius 1 is 1.53 bits per heavy atom. The van der Waals surface area contributed by atoms with Crippen LogP contribution in [-0.4, -0.2) is 34.3 Å². The molecule has 0 spiro atoms. The summed E-state index contributed by atoms with van der Waals surface area (Å²) in [7, 11) is 0. The third-order valence-electron chi connectivity index (χ3n) is 2.89. The van der Waals surface area contributed by atoms with Crippen LogP contribution in [0, 0.1) is 6.92 Å². The summed E-state index contributed by atoms with van der Waals surface area (Å²) < 4.78 is 0. The third kappa shape index (κ3) is 2.43. The molecule has 90 valence electrons. The number of pyridine rings is 1. The van der Waals surface area contributed by atoms with E-state index in [2.05, 4.69) is 10.3 Å². The molecule has 2 rings (SSSR count). The van der Waals surface area contributed by atoms with Crippen LogP contribution >= 0.6 is 0 Å². The van der Waals surface area contributed by atoms with Crippen molar-refractivity contribution in [2.45, 2.75) is 26.4 Å². The van der Waals surface area contributed by atoms with Crippen molar-refractivity contribution in [1.82, 2.24) is 15.2 Å². The lowest BCUT2D eigenvalue weighted by Gasteiger charge is -2.31. The first-order chi connectivity index (χ1) is 8.08. The largest absolute Gasteiger partial charge is 0.343 e. The van der Waals surface area contributed by atoms with Crippen LogP contribution in [0.1, 0.15) is 18.1 Å². The van der Waals surface area contributed by atoms with Crippen LogP contribution in [0.15, 0.2) is 18.5 Å². The normalized spacial score (nSPS) is 20.4. The second-order valence-electron chi connectivity index (χ2n) is 4.29. The van der Waals surface area contributed by atoms with Gasteiger partial charge in [0.05, 0.1) is 6.54 Å². The molecule has 0 bridgehead atoms. The molecule has 5 heteroatoms. The molecule has 0 aromatic carbocycles. The fourth-order valence-corrected chi connectivity index (χ4v) is 1.89. The molecule has 1 aliphatic rings. The van der Waals surface area contributed by atoms with E-state index in [-0.39, 0.29) is 18.4 Å². The molecule has 0 radical (unpaired) electrons. The van der Waals surface area contributed by atoms with Crippen molar-refractivity contribution in [1.29, 1.82) is 0 Å². The van der Waals surface area contributed by atoms with Crippen molar-refractivity contribution in [2.75, 3.05) is 6.54 Å². The monoisotopic (exact) mass is 233 g/mol. The standard InChI is InChI=1S/C12H15N3O2/c1-8-5-13-4-3-10(8)6-15-7-11(16)14-9(2)12(15)17/h3-5,9H,6-7H2,1-2H3,(H,14,16). The summed E-state index contributed by atoms with van der Waals surface area (Å²) in [6, 6.07) is 1.44. The topological polar surface area (TPSA) is 62.3 Å². The van der Waals surface area contributed by atoms with E-state index in [4.69, 9.17) is 0 Å². The zero-order chi connectivity index (χ0) is 12.4. The lowest BCUT2D eigenvalue weighted by molar-refractivity contribution is -0.144. The SMILES string of the molecule is Cc1cnccc1CN1CC(=O)NC(C)C1=O. The molecular weight excluding hydrogens is 218 g/mol. The summed E-state index contributed by atoms with van der Waals surface area (Å²) >= 11 is 0. The van der Waals surface area contributed by atoms with Gasteiger partial charge >= 0.3 is 0 Å². The predicted octanol–water partition coefficient (Wildman–Crippen LogP) is 0.237. The summed E-state index contributed by atoms with van der Waals surface area (Å²) in [6.45, 7) is 4.24. The van der Waals surface area contributed by atoms with Gasteiger partial charge in [-0.15, -0.1) is 0 Å². The van der Waals surface area contributed by atoms with E-state index in [0.29, 0.717) is 6.54 Å². The molecule has 2 heterocycles. The molecule has 1 aromatic heterocycles. The van der Waals surface area contributed by atoms with Gasteiger partial charge in [-0.3, -0.25) is 14.6 Å². The Kier molecular flexibility index (Phi) is 3.08. The van der Waals surface area contributed by atoms with Crippen LogP contribution in [0.5, 0.6) is 0 Å². The second kappa shape index (κ2) is 4.53. The number of nitrogens with zero attached hydrogens (tertiary/aromatic N) is 2. The number of piperazine rings is 1. The van der Waals surface area contributed by atoms with E-state index in [1.165, 1.54) is 0 Å². The first-order valence-electron chi connectivity index (χ1n) is 5.55. The first kappa shape index (κ1) is 11.6. The van der Waals surface area contributed by atoms with E-state index in [9.17, 15) is 9.59 Å². The van der Waals surface area contributed by atoms with E-state index in [1.807, 2.05) is 13.0 Å². The van der Waals surface area contributed by atoms with Gasteiger partial charge in [0.25, 0.3) is 0 Å². The highest BCUT2D eigenvalue weighted by Crippen LogP contribution is 2.12. The Labute approximate surface area is 99.8 Å². The Balaban J connectivity index is 2.15. The fraction of sp³-hybridized carbons (Fsp3) is 0.417. The Hall–Kier alpha value is -1.91. The zero-order valence-electron chi connectivity index (χ0n) is 9.93. The summed E-state index contributed by atoms with van der Waals surface area (Å²) in [5.41, 5.74) is 2.05. The maximum atomic E-state index is 11.9. The minimum Gasteiger partial charge on any atom is -0.343 e. The smallest absolute Gasteiger partial charge is 0.245 e. The average molecular weight is 233 g/mol. The number of amides is 2. The maximum absolute atomic E-state index is 11.9. The highest BCUT2D eigenvalue weighted by Gasteiger charge is 2.29. The van der Waals surface area contributed by atoms with Crippen LogP contribution in [0.2, 0.25) is 0 Å². The molecule has 1 N–H and O–H groups in total. The van der Waals surface area contributed by atoms with Crippen LogP contribution in [0.25, 0.3) is 0 Å². The van der Waals surface area contributed by atoms with Gasteiger partial charge in [-0.1, -0.05) is 0 Å². The van der Waals surface area contributed by atoms with Crippen molar-refractivity contribution < 1.29 is 9.59 Å². The number of rotatable bonds is 2. The highest BCUT2D eigenvalue weighted by molar-refractivity contribution is 5.94. The summed E-state index contributed by atoms with van der Waals surface area (Å²) in [5.74, 6) is -0.148. The van der Waals surface area contributed by atoms with Gasteiger partial charge in [0.1, 0.15) is 6.04 Å². The fourth-order valence-electron chi connectivity index (χ4n) is 1.89. The molecule has 1 saturated heterocycles. The Morgan fingerprint density at radius 2 is 2.29 bits per heavy atom. The molecule has 1 aromatic rings. The van der Waals surface area contributed by atoms with E-state index >= 15 is 0 Å². The number of carbonyl (C=O) groups excluding carboxylic acids is 2. The molecular formula is C12H15N3O2.